The van der Waals surface area contributed by atoms with Crippen molar-refractivity contribution in [1.29, 1.82) is 0 Å². The Morgan fingerprint density at radius 3 is 2.12 bits per heavy atom. The maximum atomic E-state index is 15.1. The zero-order chi connectivity index (χ0) is 45.5. The van der Waals surface area contributed by atoms with E-state index in [0.29, 0.717) is 81.4 Å². The molecular weight excluding hydrogens is 823 g/mol. The molecule has 5 aliphatic rings. The molecule has 18 heteroatoms. The molecule has 0 unspecified atom stereocenters. The number of ether oxygens (including phenoxy) is 6. The number of hydrogen-bond acceptors (Lipinski definition) is 16. The van der Waals surface area contributed by atoms with E-state index in [1.54, 1.807) is 55.5 Å². The Labute approximate surface area is 375 Å². The number of anilines is 3. The van der Waals surface area contributed by atoms with Crippen LogP contribution in [0.25, 0.3) is 0 Å². The first-order valence-corrected chi connectivity index (χ1v) is 22.3. The highest BCUT2D eigenvalue weighted by Gasteiger charge is 2.59. The largest absolute Gasteiger partial charge is 0.493 e. The lowest BCUT2D eigenvalue weighted by Gasteiger charge is -2.59. The third-order valence-electron chi connectivity index (χ3n) is 13.9. The maximum absolute atomic E-state index is 15.1. The molecule has 2 amide bonds. The van der Waals surface area contributed by atoms with E-state index in [0.717, 1.165) is 59.1 Å². The number of likely N-dealkylation sites (N-methyl/N-ethyl adjacent to an activating group) is 1. The molecule has 1 aromatic heterocycles. The van der Waals surface area contributed by atoms with Gasteiger partial charge in [0.2, 0.25) is 12.7 Å². The molecule has 2 N–H and O–H groups in total. The zero-order valence-electron chi connectivity index (χ0n) is 38.6. The summed E-state index contributed by atoms with van der Waals surface area (Å²) < 4.78 is 34.9. The summed E-state index contributed by atoms with van der Waals surface area (Å²) in [5.41, 5.74) is 9.46. The second-order valence-electron chi connectivity index (χ2n) is 18.2. The summed E-state index contributed by atoms with van der Waals surface area (Å²) >= 11 is 0. The Morgan fingerprint density at radius 1 is 0.812 bits per heavy atom. The van der Waals surface area contributed by atoms with Gasteiger partial charge < -0.3 is 38.2 Å². The zero-order valence-corrected chi connectivity index (χ0v) is 38.6. The maximum Gasteiger partial charge on any atom is 0.413 e. The summed E-state index contributed by atoms with van der Waals surface area (Å²) in [6.07, 6.45) is 3.74. The highest BCUT2D eigenvalue weighted by atomic mass is 16.7. The van der Waals surface area contributed by atoms with E-state index in [9.17, 15) is 9.59 Å². The van der Waals surface area contributed by atoms with Crippen LogP contribution < -0.4 is 39.8 Å². The van der Waals surface area contributed by atoms with Gasteiger partial charge in [0.25, 0.3) is 0 Å². The molecule has 2 aromatic carbocycles. The van der Waals surface area contributed by atoms with Crippen LogP contribution in [0.1, 0.15) is 75.3 Å². The van der Waals surface area contributed by atoms with Crippen molar-refractivity contribution in [1.82, 2.24) is 30.2 Å². The van der Waals surface area contributed by atoms with Crippen molar-refractivity contribution < 1.29 is 42.8 Å². The third kappa shape index (κ3) is 7.92. The molecule has 346 valence electrons. The van der Waals surface area contributed by atoms with Gasteiger partial charge in [-0.15, -0.1) is 5.53 Å². The first-order chi connectivity index (χ1) is 30.8. The number of esters is 1. The molecule has 1 saturated carbocycles. The van der Waals surface area contributed by atoms with Crippen molar-refractivity contribution in [2.75, 3.05) is 103 Å². The van der Waals surface area contributed by atoms with E-state index in [4.69, 9.17) is 28.4 Å². The summed E-state index contributed by atoms with van der Waals surface area (Å²) in [4.78, 5) is 60.2. The number of rotatable bonds is 10. The van der Waals surface area contributed by atoms with Crippen molar-refractivity contribution in [3.8, 4) is 23.0 Å². The number of piperazine rings is 1. The number of fused-ring (bicyclic) bond motifs is 4. The average Bonchev–Trinajstić information content (AvgIpc) is 3.70. The summed E-state index contributed by atoms with van der Waals surface area (Å²) in [5.74, 6) is 2.90. The van der Waals surface area contributed by atoms with Crippen LogP contribution in [0.3, 0.4) is 0 Å². The van der Waals surface area contributed by atoms with Gasteiger partial charge in [-0.3, -0.25) is 29.8 Å². The number of methoxy groups -OCH3 is 4. The van der Waals surface area contributed by atoms with E-state index in [1.807, 2.05) is 34.0 Å². The van der Waals surface area contributed by atoms with Gasteiger partial charge in [0.1, 0.15) is 12.0 Å². The van der Waals surface area contributed by atoms with Crippen LogP contribution >= 0.6 is 0 Å². The fraction of sp³-hybridized carbons (Fsp3) is 0.587. The standard InChI is InChI=1S/C46H63N9O9/c1-10-52-15-12-28-22-34(59-6)36(61-8)24-31(28)39(52)33-21-30(42(56)54-19-17-53(18-20-54)41-38-40(47-26-48-41)51(5)50-49-38)11-14-46(33)32-25-37(62-9)35(60-7)23-29(32)13-16-55(46)44(58)64-27-63-43(57)45(2,3)4/h22-26,30,33,39,49-50H,10-21,27H2,1-9H3/t30-,33-,39-,46-/m0/s1. The van der Waals surface area contributed by atoms with Crippen LogP contribution in [0.4, 0.5) is 22.1 Å². The Kier molecular flexibility index (Phi) is 12.6. The summed E-state index contributed by atoms with van der Waals surface area (Å²) in [6, 6.07) is 7.93. The van der Waals surface area contributed by atoms with E-state index in [-0.39, 0.29) is 23.8 Å². The number of carbonyl (C=O) groups excluding carboxylic acids is 3. The van der Waals surface area contributed by atoms with E-state index in [1.165, 1.54) is 0 Å². The summed E-state index contributed by atoms with van der Waals surface area (Å²) in [6.45, 7) is 11.0. The highest BCUT2D eigenvalue weighted by molar-refractivity contribution is 5.82. The molecule has 0 radical (unpaired) electrons. The molecule has 1 aliphatic carbocycles. The lowest BCUT2D eigenvalue weighted by molar-refractivity contribution is -0.163. The Balaban J connectivity index is 1.20. The summed E-state index contributed by atoms with van der Waals surface area (Å²) in [5, 5.41) is 1.81. The molecule has 5 heterocycles. The minimum atomic E-state index is -0.991. The number of nitrogens with zero attached hydrogens (tertiary/aromatic N) is 7. The predicted octanol–water partition coefficient (Wildman–Crippen LogP) is 4.91. The minimum absolute atomic E-state index is 0.102. The van der Waals surface area contributed by atoms with Gasteiger partial charge in [-0.05, 0) is 106 Å². The Hall–Kier alpha value is -5.75. The minimum Gasteiger partial charge on any atom is -0.493 e. The van der Waals surface area contributed by atoms with E-state index < -0.39 is 29.8 Å². The van der Waals surface area contributed by atoms with E-state index >= 15 is 4.79 Å². The number of nitrogens with one attached hydrogen (secondary N) is 2. The summed E-state index contributed by atoms with van der Waals surface area (Å²) in [7, 11) is 8.41. The number of aromatic nitrogens is 2. The second kappa shape index (κ2) is 18.0. The van der Waals surface area contributed by atoms with Gasteiger partial charge in [0.05, 0.1) is 39.4 Å². The van der Waals surface area contributed by atoms with Crippen molar-refractivity contribution in [3.05, 3.63) is 52.8 Å². The van der Waals surface area contributed by atoms with Gasteiger partial charge >= 0.3 is 12.1 Å². The predicted molar refractivity (Wildman–Crippen MR) is 239 cm³/mol. The molecule has 2 fully saturated rings. The van der Waals surface area contributed by atoms with Crippen molar-refractivity contribution in [2.24, 2.45) is 17.3 Å². The van der Waals surface area contributed by atoms with Gasteiger partial charge in [0.15, 0.2) is 34.6 Å². The molecule has 8 rings (SSSR count). The van der Waals surface area contributed by atoms with Gasteiger partial charge in [-0.25, -0.2) is 14.8 Å². The number of benzene rings is 2. The SMILES string of the molecule is CCN1CCc2cc(OC)c(OC)cc2[C@H]1[C@@H]1C[C@@H](C(=O)N2CCN(c3ncnc4c3NNN4C)CC2)CC[C@]12c1cc(OC)c(OC)cc1CCN2C(=O)OCOC(=O)C(C)(C)C. The molecule has 1 saturated heterocycles. The van der Waals surface area contributed by atoms with Gasteiger partial charge in [-0.1, -0.05) is 6.92 Å². The molecule has 64 heavy (non-hydrogen) atoms. The second-order valence-corrected chi connectivity index (χ2v) is 18.2. The van der Waals surface area contributed by atoms with Crippen molar-refractivity contribution in [3.63, 3.8) is 0 Å². The molecule has 0 bridgehead atoms. The van der Waals surface area contributed by atoms with E-state index in [2.05, 4.69) is 49.8 Å². The van der Waals surface area contributed by atoms with Crippen LogP contribution in [0.2, 0.25) is 0 Å². The number of hydrogen-bond donors (Lipinski definition) is 2. The molecule has 1 spiro atoms. The topological polar surface area (TPSA) is 173 Å². The van der Waals surface area contributed by atoms with Crippen LogP contribution in [-0.4, -0.2) is 131 Å². The fourth-order valence-electron chi connectivity index (χ4n) is 10.7. The number of hydrazine groups is 2. The number of amides is 2. The Bertz CT molecular complexity index is 2250. The lowest BCUT2D eigenvalue weighted by Crippen LogP contribution is -2.63. The third-order valence-corrected chi connectivity index (χ3v) is 13.9. The van der Waals surface area contributed by atoms with Gasteiger partial charge in [0, 0.05) is 64.2 Å². The lowest BCUT2D eigenvalue weighted by atomic mass is 9.58. The Morgan fingerprint density at radius 2 is 1.45 bits per heavy atom. The molecule has 4 aliphatic heterocycles. The monoisotopic (exact) mass is 885 g/mol. The van der Waals surface area contributed by atoms with Crippen LogP contribution in [0.15, 0.2) is 30.6 Å². The van der Waals surface area contributed by atoms with Crippen LogP contribution in [0, 0.1) is 17.3 Å². The molecule has 3 aromatic rings. The highest BCUT2D eigenvalue weighted by Crippen LogP contribution is 2.59. The number of carbonyl (C=O) groups is 3. The quantitative estimate of drug-likeness (QED) is 0.208. The normalized spacial score (nSPS) is 23.1. The first-order valence-electron chi connectivity index (χ1n) is 22.3. The fourth-order valence-corrected chi connectivity index (χ4v) is 10.7. The van der Waals surface area contributed by atoms with Crippen molar-refractivity contribution in [2.45, 2.75) is 71.4 Å². The van der Waals surface area contributed by atoms with Crippen molar-refractivity contribution >= 4 is 35.3 Å². The van der Waals surface area contributed by atoms with Crippen LogP contribution in [-0.2, 0) is 37.4 Å². The average molecular weight is 886 g/mol. The van der Waals surface area contributed by atoms with Gasteiger partial charge in [-0.2, -0.15) is 0 Å². The molecule has 18 nitrogen and oxygen atoms in total. The first kappa shape index (κ1) is 44.8. The smallest absolute Gasteiger partial charge is 0.413 e. The molecular formula is C46H63N9O9. The van der Waals surface area contributed by atoms with Crippen LogP contribution in [0.5, 0.6) is 23.0 Å². The molecule has 4 atom stereocenters.